The lowest BCUT2D eigenvalue weighted by atomic mass is 9.85. The second-order valence-electron chi connectivity index (χ2n) is 4.13. The molecule has 67 valence electrons. The van der Waals surface area contributed by atoms with Crippen molar-refractivity contribution in [2.24, 2.45) is 11.8 Å². The SMILES string of the molecule is CC(C)[C]1C=CC(C(C)C)=CC1. The zero-order valence-electron chi connectivity index (χ0n) is 8.59. The molecule has 0 saturated heterocycles. The molecule has 0 nitrogen and oxygen atoms in total. The zero-order valence-corrected chi connectivity index (χ0v) is 8.59. The van der Waals surface area contributed by atoms with Crippen LogP contribution in [0.25, 0.3) is 0 Å². The molecule has 0 saturated carbocycles. The van der Waals surface area contributed by atoms with Crippen molar-refractivity contribution in [3.63, 3.8) is 0 Å². The molecule has 1 rings (SSSR count). The summed E-state index contributed by atoms with van der Waals surface area (Å²) in [5, 5.41) is 0. The van der Waals surface area contributed by atoms with Crippen LogP contribution in [0.4, 0.5) is 0 Å². The van der Waals surface area contributed by atoms with Crippen molar-refractivity contribution in [1.29, 1.82) is 0 Å². The van der Waals surface area contributed by atoms with Gasteiger partial charge in [0.2, 0.25) is 0 Å². The van der Waals surface area contributed by atoms with Crippen LogP contribution < -0.4 is 0 Å². The standard InChI is InChI=1S/C12H19/c1-9(2)11-5-7-12(8-6-11)10(3)4/h5-7,9-10H,8H2,1-4H3. The van der Waals surface area contributed by atoms with E-state index in [-0.39, 0.29) is 0 Å². The monoisotopic (exact) mass is 163 g/mol. The molecular formula is C12H19. The first-order chi connectivity index (χ1) is 5.61. The highest BCUT2D eigenvalue weighted by molar-refractivity contribution is 5.33. The third kappa shape index (κ3) is 2.23. The average Bonchev–Trinajstić information content (AvgIpc) is 2.04. The molecule has 0 fully saturated rings. The van der Waals surface area contributed by atoms with Gasteiger partial charge in [-0.25, -0.2) is 0 Å². The molecule has 0 bridgehead atoms. The van der Waals surface area contributed by atoms with Gasteiger partial charge in [-0.1, -0.05) is 45.9 Å². The fourth-order valence-electron chi connectivity index (χ4n) is 1.43. The minimum Gasteiger partial charge on any atom is -0.0802 e. The van der Waals surface area contributed by atoms with E-state index in [1.165, 1.54) is 5.57 Å². The van der Waals surface area contributed by atoms with Gasteiger partial charge in [0.25, 0.3) is 0 Å². The van der Waals surface area contributed by atoms with Gasteiger partial charge in [-0.2, -0.15) is 0 Å². The molecule has 0 aromatic rings. The summed E-state index contributed by atoms with van der Waals surface area (Å²) >= 11 is 0. The highest BCUT2D eigenvalue weighted by atomic mass is 14.2. The molecule has 0 amide bonds. The molecule has 1 aliphatic rings. The van der Waals surface area contributed by atoms with Crippen LogP contribution in [-0.4, -0.2) is 0 Å². The van der Waals surface area contributed by atoms with Gasteiger partial charge >= 0.3 is 0 Å². The smallest absolute Gasteiger partial charge is 0.00390 e. The summed E-state index contributed by atoms with van der Waals surface area (Å²) in [6, 6.07) is 0. The molecule has 0 aromatic carbocycles. The molecule has 0 unspecified atom stereocenters. The highest BCUT2D eigenvalue weighted by Gasteiger charge is 2.13. The van der Waals surface area contributed by atoms with Crippen LogP contribution in [0, 0.1) is 17.8 Å². The summed E-state index contributed by atoms with van der Waals surface area (Å²) in [6.45, 7) is 9.01. The van der Waals surface area contributed by atoms with Crippen LogP contribution in [0.5, 0.6) is 0 Å². The first-order valence-electron chi connectivity index (χ1n) is 4.85. The first-order valence-corrected chi connectivity index (χ1v) is 4.85. The molecule has 0 aromatic heterocycles. The normalized spacial score (nSPS) is 19.0. The van der Waals surface area contributed by atoms with Crippen molar-refractivity contribution in [1.82, 2.24) is 0 Å². The maximum atomic E-state index is 2.36. The lowest BCUT2D eigenvalue weighted by Crippen LogP contribution is -2.06. The Labute approximate surface area is 76.4 Å². The maximum absolute atomic E-state index is 2.36. The maximum Gasteiger partial charge on any atom is 0.00390 e. The lowest BCUT2D eigenvalue weighted by molar-refractivity contribution is 0.662. The van der Waals surface area contributed by atoms with E-state index in [0.29, 0.717) is 11.8 Å². The van der Waals surface area contributed by atoms with E-state index in [2.05, 4.69) is 45.9 Å². The molecule has 0 aliphatic heterocycles. The van der Waals surface area contributed by atoms with Crippen LogP contribution in [0.1, 0.15) is 34.1 Å². The Hall–Kier alpha value is -0.520. The summed E-state index contributed by atoms with van der Waals surface area (Å²) in [7, 11) is 0. The Morgan fingerprint density at radius 2 is 1.67 bits per heavy atom. The number of hydrogen-bond acceptors (Lipinski definition) is 0. The molecule has 0 spiro atoms. The highest BCUT2D eigenvalue weighted by Crippen LogP contribution is 2.27. The lowest BCUT2D eigenvalue weighted by Gasteiger charge is -2.20. The van der Waals surface area contributed by atoms with Crippen molar-refractivity contribution >= 4 is 0 Å². The van der Waals surface area contributed by atoms with E-state index in [1.807, 2.05) is 0 Å². The molecule has 1 aliphatic carbocycles. The molecule has 1 radical (unpaired) electrons. The second kappa shape index (κ2) is 3.93. The van der Waals surface area contributed by atoms with E-state index >= 15 is 0 Å². The Morgan fingerprint density at radius 3 is 2.00 bits per heavy atom. The third-order valence-electron chi connectivity index (χ3n) is 2.47. The molecule has 0 N–H and O–H groups in total. The third-order valence-corrected chi connectivity index (χ3v) is 2.47. The Balaban J connectivity index is 2.55. The van der Waals surface area contributed by atoms with Crippen molar-refractivity contribution in [3.8, 4) is 0 Å². The molecule has 12 heavy (non-hydrogen) atoms. The summed E-state index contributed by atoms with van der Waals surface area (Å²) in [6.07, 6.45) is 8.07. The second-order valence-corrected chi connectivity index (χ2v) is 4.13. The molecule has 0 atom stereocenters. The van der Waals surface area contributed by atoms with Gasteiger partial charge in [0.1, 0.15) is 0 Å². The Bertz CT molecular complexity index is 194. The van der Waals surface area contributed by atoms with Gasteiger partial charge in [-0.15, -0.1) is 0 Å². The van der Waals surface area contributed by atoms with Crippen molar-refractivity contribution < 1.29 is 0 Å². The largest absolute Gasteiger partial charge is 0.0802 e. The van der Waals surface area contributed by atoms with Gasteiger partial charge < -0.3 is 0 Å². The van der Waals surface area contributed by atoms with E-state index in [0.717, 1.165) is 6.42 Å². The minimum atomic E-state index is 0.676. The van der Waals surface area contributed by atoms with E-state index < -0.39 is 0 Å². The van der Waals surface area contributed by atoms with Gasteiger partial charge in [0, 0.05) is 5.92 Å². The molecular weight excluding hydrogens is 144 g/mol. The van der Waals surface area contributed by atoms with Crippen molar-refractivity contribution in [2.45, 2.75) is 34.1 Å². The van der Waals surface area contributed by atoms with Crippen LogP contribution in [-0.2, 0) is 0 Å². The fraction of sp³-hybridized carbons (Fsp3) is 0.583. The quantitative estimate of drug-likeness (QED) is 0.581. The first kappa shape index (κ1) is 9.57. The predicted molar refractivity (Wildman–Crippen MR) is 54.8 cm³/mol. The summed E-state index contributed by atoms with van der Waals surface area (Å²) in [4.78, 5) is 0. The van der Waals surface area contributed by atoms with Crippen LogP contribution in [0.3, 0.4) is 0 Å². The fourth-order valence-corrected chi connectivity index (χ4v) is 1.43. The topological polar surface area (TPSA) is 0 Å². The van der Waals surface area contributed by atoms with Crippen molar-refractivity contribution in [2.75, 3.05) is 0 Å². The average molecular weight is 163 g/mol. The minimum absolute atomic E-state index is 0.676. The van der Waals surface area contributed by atoms with E-state index in [9.17, 15) is 0 Å². The number of allylic oxidation sites excluding steroid dienone is 4. The summed E-state index contributed by atoms with van der Waals surface area (Å²) < 4.78 is 0. The Kier molecular flexibility index (Phi) is 3.13. The summed E-state index contributed by atoms with van der Waals surface area (Å²) in [5.41, 5.74) is 1.49. The predicted octanol–water partition coefficient (Wildman–Crippen LogP) is 3.76. The van der Waals surface area contributed by atoms with E-state index in [4.69, 9.17) is 0 Å². The zero-order chi connectivity index (χ0) is 9.14. The molecule has 0 heteroatoms. The summed E-state index contributed by atoms with van der Waals surface area (Å²) in [5.74, 6) is 2.93. The van der Waals surface area contributed by atoms with Crippen LogP contribution >= 0.6 is 0 Å². The number of hydrogen-bond donors (Lipinski definition) is 0. The van der Waals surface area contributed by atoms with Crippen LogP contribution in [0.2, 0.25) is 0 Å². The molecule has 0 heterocycles. The van der Waals surface area contributed by atoms with E-state index in [1.54, 1.807) is 5.92 Å². The van der Waals surface area contributed by atoms with Crippen molar-refractivity contribution in [3.05, 3.63) is 29.7 Å². The Morgan fingerprint density at radius 1 is 1.00 bits per heavy atom. The number of rotatable bonds is 2. The van der Waals surface area contributed by atoms with Crippen LogP contribution in [0.15, 0.2) is 23.8 Å². The van der Waals surface area contributed by atoms with Gasteiger partial charge in [-0.05, 0) is 23.8 Å². The van der Waals surface area contributed by atoms with Gasteiger partial charge in [0.05, 0.1) is 0 Å². The van der Waals surface area contributed by atoms with Gasteiger partial charge in [-0.3, -0.25) is 0 Å². The van der Waals surface area contributed by atoms with Gasteiger partial charge in [0.15, 0.2) is 0 Å².